The molecular formula is C19H16ClNO5. The van der Waals surface area contributed by atoms with E-state index in [1.165, 1.54) is 0 Å². The molecule has 3 unspecified atom stereocenters. The Labute approximate surface area is 154 Å². The summed E-state index contributed by atoms with van der Waals surface area (Å²) in [5.41, 5.74) is 1.45. The highest BCUT2D eigenvalue weighted by Gasteiger charge is 2.60. The van der Waals surface area contributed by atoms with Crippen molar-refractivity contribution < 1.29 is 24.2 Å². The topological polar surface area (TPSA) is 76.1 Å². The van der Waals surface area contributed by atoms with E-state index < -0.39 is 29.9 Å². The monoisotopic (exact) mass is 373 g/mol. The molecule has 6 nitrogen and oxygen atoms in total. The molecule has 2 aromatic rings. The molecule has 2 fully saturated rings. The Hall–Kier alpha value is -2.41. The highest BCUT2D eigenvalue weighted by molar-refractivity contribution is 6.31. The summed E-state index contributed by atoms with van der Waals surface area (Å²) in [6.45, 7) is 0.395. The van der Waals surface area contributed by atoms with Crippen LogP contribution in [0.5, 0.6) is 0 Å². The van der Waals surface area contributed by atoms with Gasteiger partial charge in [0.05, 0.1) is 6.54 Å². The number of amides is 1. The molecule has 2 bridgehead atoms. The van der Waals surface area contributed by atoms with Crippen LogP contribution in [0.15, 0.2) is 54.6 Å². The maximum Gasteiger partial charge on any atom is 0.336 e. The van der Waals surface area contributed by atoms with Gasteiger partial charge in [0.15, 0.2) is 12.2 Å². The first-order valence-electron chi connectivity index (χ1n) is 8.16. The Kier molecular flexibility index (Phi) is 4.19. The number of morpholine rings is 1. The fraction of sp³-hybridized carbons (Fsp3) is 0.263. The van der Waals surface area contributed by atoms with Gasteiger partial charge in [0.1, 0.15) is 0 Å². The normalized spacial score (nSPS) is 27.6. The highest BCUT2D eigenvalue weighted by atomic mass is 35.5. The zero-order valence-corrected chi connectivity index (χ0v) is 14.4. The minimum Gasteiger partial charge on any atom is -0.479 e. The number of halogens is 1. The van der Waals surface area contributed by atoms with E-state index >= 15 is 0 Å². The van der Waals surface area contributed by atoms with Crippen molar-refractivity contribution in [3.05, 3.63) is 70.7 Å². The third kappa shape index (κ3) is 2.76. The molecule has 4 rings (SSSR count). The number of benzene rings is 2. The fourth-order valence-corrected chi connectivity index (χ4v) is 3.70. The van der Waals surface area contributed by atoms with Gasteiger partial charge < -0.3 is 19.5 Å². The van der Waals surface area contributed by atoms with Crippen molar-refractivity contribution in [3.63, 3.8) is 0 Å². The van der Waals surface area contributed by atoms with Crippen LogP contribution in [0.25, 0.3) is 0 Å². The second kappa shape index (κ2) is 6.39. The fourth-order valence-electron chi connectivity index (χ4n) is 3.42. The summed E-state index contributed by atoms with van der Waals surface area (Å²) < 4.78 is 11.6. The van der Waals surface area contributed by atoms with Gasteiger partial charge in [0.2, 0.25) is 5.79 Å². The molecule has 134 valence electrons. The molecule has 0 spiro atoms. The Bertz CT molecular complexity index is 858. The number of carboxylic acid groups (broad SMARTS) is 1. The summed E-state index contributed by atoms with van der Waals surface area (Å²) in [5, 5.41) is 9.87. The molecule has 26 heavy (non-hydrogen) atoms. The van der Waals surface area contributed by atoms with E-state index in [1.807, 2.05) is 30.3 Å². The summed E-state index contributed by atoms with van der Waals surface area (Å²) in [4.78, 5) is 26.0. The third-order valence-corrected chi connectivity index (χ3v) is 4.94. The molecule has 3 atom stereocenters. The van der Waals surface area contributed by atoms with Gasteiger partial charge in [-0.2, -0.15) is 0 Å². The number of carbonyl (C=O) groups excluding carboxylic acids is 1. The number of nitrogens with zero attached hydrogens (tertiary/aromatic N) is 1. The average Bonchev–Trinajstić information content (AvgIpc) is 2.97. The van der Waals surface area contributed by atoms with E-state index in [1.54, 1.807) is 29.2 Å². The molecule has 2 aromatic carbocycles. The first kappa shape index (κ1) is 17.0. The Morgan fingerprint density at radius 1 is 1.15 bits per heavy atom. The van der Waals surface area contributed by atoms with Crippen LogP contribution >= 0.6 is 11.6 Å². The lowest BCUT2D eigenvalue weighted by Crippen LogP contribution is -2.53. The van der Waals surface area contributed by atoms with Gasteiger partial charge in [-0.15, -0.1) is 0 Å². The minimum atomic E-state index is -1.39. The second-order valence-corrected chi connectivity index (χ2v) is 6.73. The van der Waals surface area contributed by atoms with Gasteiger partial charge in [0, 0.05) is 17.1 Å². The van der Waals surface area contributed by atoms with Gasteiger partial charge in [-0.05, 0) is 11.6 Å². The largest absolute Gasteiger partial charge is 0.479 e. The van der Waals surface area contributed by atoms with Crippen LogP contribution < -0.4 is 0 Å². The summed E-state index contributed by atoms with van der Waals surface area (Å²) >= 11 is 6.31. The van der Waals surface area contributed by atoms with E-state index in [2.05, 4.69) is 0 Å². The number of fused-ring (bicyclic) bond motifs is 2. The van der Waals surface area contributed by atoms with Gasteiger partial charge in [0.25, 0.3) is 5.91 Å². The quantitative estimate of drug-likeness (QED) is 0.890. The Morgan fingerprint density at radius 2 is 1.85 bits per heavy atom. The van der Waals surface area contributed by atoms with Crippen LogP contribution in [0.1, 0.15) is 11.1 Å². The lowest BCUT2D eigenvalue weighted by molar-refractivity contribution is -0.219. The van der Waals surface area contributed by atoms with Gasteiger partial charge in [-0.1, -0.05) is 60.1 Å². The first-order valence-corrected chi connectivity index (χ1v) is 8.54. The van der Waals surface area contributed by atoms with Crippen molar-refractivity contribution >= 4 is 23.5 Å². The van der Waals surface area contributed by atoms with Crippen LogP contribution in [0, 0.1) is 0 Å². The molecule has 2 heterocycles. The zero-order valence-electron chi connectivity index (χ0n) is 13.7. The molecular weight excluding hydrogens is 358 g/mol. The molecule has 1 N–H and O–H groups in total. The number of carbonyl (C=O) groups is 2. The average molecular weight is 374 g/mol. The molecule has 0 saturated carbocycles. The van der Waals surface area contributed by atoms with Gasteiger partial charge in [-0.3, -0.25) is 4.79 Å². The molecule has 2 aliphatic heterocycles. The van der Waals surface area contributed by atoms with Crippen molar-refractivity contribution in [2.45, 2.75) is 24.5 Å². The highest BCUT2D eigenvalue weighted by Crippen LogP contribution is 2.45. The zero-order chi connectivity index (χ0) is 18.3. The molecule has 2 saturated heterocycles. The summed E-state index contributed by atoms with van der Waals surface area (Å²) in [6.07, 6.45) is -2.58. The molecule has 0 aliphatic carbocycles. The smallest absolute Gasteiger partial charge is 0.336 e. The molecule has 1 amide bonds. The van der Waals surface area contributed by atoms with E-state index in [-0.39, 0.29) is 6.54 Å². The van der Waals surface area contributed by atoms with Crippen LogP contribution in [0.3, 0.4) is 0 Å². The van der Waals surface area contributed by atoms with Crippen LogP contribution in [0.4, 0.5) is 0 Å². The second-order valence-electron chi connectivity index (χ2n) is 6.33. The number of hydrogen-bond acceptors (Lipinski definition) is 4. The SMILES string of the molecule is O=C(O)C1OC2(c3ccccc3Cl)CN(Cc3ccccc3)C(=O)C1O2. The van der Waals surface area contributed by atoms with E-state index in [9.17, 15) is 14.7 Å². The lowest BCUT2D eigenvalue weighted by Gasteiger charge is -2.38. The standard InChI is InChI=1S/C19H16ClNO5/c20-14-9-5-4-8-13(14)19-11-21(10-12-6-2-1-3-7-12)17(22)15(25-19)16(26-19)18(23)24/h1-9,15-16H,10-11H2,(H,23,24). The van der Waals surface area contributed by atoms with Crippen molar-refractivity contribution in [2.24, 2.45) is 0 Å². The number of hydrogen-bond donors (Lipinski definition) is 1. The van der Waals surface area contributed by atoms with Gasteiger partial charge >= 0.3 is 5.97 Å². The van der Waals surface area contributed by atoms with Crippen LogP contribution in [-0.4, -0.2) is 40.6 Å². The predicted molar refractivity (Wildman–Crippen MR) is 92.4 cm³/mol. The summed E-state index contributed by atoms with van der Waals surface area (Å²) in [6, 6.07) is 16.4. The minimum absolute atomic E-state index is 0.0603. The summed E-state index contributed by atoms with van der Waals surface area (Å²) in [5.74, 6) is -3.03. The van der Waals surface area contributed by atoms with Crippen LogP contribution in [-0.2, 0) is 31.4 Å². The Morgan fingerprint density at radius 3 is 2.54 bits per heavy atom. The van der Waals surface area contributed by atoms with Crippen molar-refractivity contribution in [2.75, 3.05) is 6.54 Å². The molecule has 7 heteroatoms. The summed E-state index contributed by atoms with van der Waals surface area (Å²) in [7, 11) is 0. The molecule has 0 aromatic heterocycles. The number of ether oxygens (including phenoxy) is 2. The van der Waals surface area contributed by atoms with E-state index in [0.717, 1.165) is 5.56 Å². The van der Waals surface area contributed by atoms with Crippen LogP contribution in [0.2, 0.25) is 5.02 Å². The Balaban J connectivity index is 1.73. The van der Waals surface area contributed by atoms with Crippen molar-refractivity contribution in [1.82, 2.24) is 4.90 Å². The molecule has 2 aliphatic rings. The van der Waals surface area contributed by atoms with Crippen molar-refractivity contribution in [3.8, 4) is 0 Å². The van der Waals surface area contributed by atoms with Crippen molar-refractivity contribution in [1.29, 1.82) is 0 Å². The first-order chi connectivity index (χ1) is 12.5. The maximum atomic E-state index is 12.8. The van der Waals surface area contributed by atoms with Gasteiger partial charge in [-0.25, -0.2) is 4.79 Å². The van der Waals surface area contributed by atoms with E-state index in [4.69, 9.17) is 21.1 Å². The van der Waals surface area contributed by atoms with E-state index in [0.29, 0.717) is 17.1 Å². The number of aliphatic carboxylic acids is 1. The number of carboxylic acids is 1. The number of rotatable bonds is 4. The molecule has 0 radical (unpaired) electrons. The third-order valence-electron chi connectivity index (χ3n) is 4.61. The maximum absolute atomic E-state index is 12.8. The lowest BCUT2D eigenvalue weighted by atomic mass is 10.0. The predicted octanol–water partition coefficient (Wildman–Crippen LogP) is 2.40.